The van der Waals surface area contributed by atoms with E-state index < -0.39 is 5.09 Å². The highest BCUT2D eigenvalue weighted by Crippen LogP contribution is 2.18. The lowest BCUT2D eigenvalue weighted by molar-refractivity contribution is -0.742. The van der Waals surface area contributed by atoms with Gasteiger partial charge in [-0.2, -0.15) is 0 Å². The first-order valence-electron chi connectivity index (χ1n) is 3.12. The third kappa shape index (κ3) is 5.71. The topological polar surface area (TPSA) is 101 Å². The van der Waals surface area contributed by atoms with Gasteiger partial charge in [-0.25, -0.2) is 0 Å². The number of nitrogen functional groups attached to an aromatic ring is 1. The SMILES string of the molecule is NNc1ccccc1Cl.O=[N+]([O-])O. The summed E-state index contributed by atoms with van der Waals surface area (Å²) in [5.74, 6) is 5.12. The molecule has 6 nitrogen and oxygen atoms in total. The second kappa shape index (κ2) is 6.04. The Morgan fingerprint density at radius 3 is 2.31 bits per heavy atom. The normalized spacial score (nSPS) is 8.15. The maximum absolute atomic E-state index is 8.36. The van der Waals surface area contributed by atoms with Crippen LogP contribution >= 0.6 is 11.6 Å². The Kier molecular flexibility index (Phi) is 5.33. The Labute approximate surface area is 79.0 Å². The lowest BCUT2D eigenvalue weighted by atomic mass is 10.3. The van der Waals surface area contributed by atoms with Gasteiger partial charge in [-0.3, -0.25) is 5.84 Å². The number of hydrazine groups is 1. The molecule has 0 unspecified atom stereocenters. The van der Waals surface area contributed by atoms with Gasteiger partial charge in [-0.1, -0.05) is 23.7 Å². The second-order valence-electron chi connectivity index (χ2n) is 1.86. The maximum atomic E-state index is 8.36. The molecule has 0 aromatic heterocycles. The van der Waals surface area contributed by atoms with Crippen LogP contribution in [0.5, 0.6) is 0 Å². The molecule has 0 saturated heterocycles. The molecule has 72 valence electrons. The molecule has 0 aliphatic carbocycles. The van der Waals surface area contributed by atoms with E-state index in [1.807, 2.05) is 18.2 Å². The molecule has 0 radical (unpaired) electrons. The summed E-state index contributed by atoms with van der Waals surface area (Å²) in [4.78, 5) is 8.36. The van der Waals surface area contributed by atoms with Crippen molar-refractivity contribution in [3.8, 4) is 0 Å². The van der Waals surface area contributed by atoms with Crippen molar-refractivity contribution >= 4 is 17.3 Å². The molecular formula is C6H8ClN3O3. The van der Waals surface area contributed by atoms with E-state index in [0.717, 1.165) is 5.69 Å². The van der Waals surface area contributed by atoms with Crippen LogP contribution < -0.4 is 11.3 Å². The number of nitrogens with two attached hydrogens (primary N) is 1. The maximum Gasteiger partial charge on any atom is 0.291 e. The van der Waals surface area contributed by atoms with Gasteiger partial charge < -0.3 is 10.6 Å². The highest BCUT2D eigenvalue weighted by Gasteiger charge is 1.91. The number of nitrogens with one attached hydrogen (secondary N) is 1. The van der Waals surface area contributed by atoms with Crippen molar-refractivity contribution in [1.82, 2.24) is 0 Å². The third-order valence-corrected chi connectivity index (χ3v) is 1.36. The van der Waals surface area contributed by atoms with Crippen LogP contribution in [0.2, 0.25) is 5.02 Å². The molecule has 0 amide bonds. The monoisotopic (exact) mass is 205 g/mol. The van der Waals surface area contributed by atoms with E-state index in [-0.39, 0.29) is 0 Å². The van der Waals surface area contributed by atoms with Gasteiger partial charge in [0, 0.05) is 0 Å². The quantitative estimate of drug-likeness (QED) is 0.364. The highest BCUT2D eigenvalue weighted by molar-refractivity contribution is 6.33. The average Bonchev–Trinajstić information content (AvgIpc) is 2.04. The summed E-state index contributed by atoms with van der Waals surface area (Å²) < 4.78 is 0. The summed E-state index contributed by atoms with van der Waals surface area (Å²) in [5.41, 5.74) is 3.21. The molecule has 0 aliphatic heterocycles. The van der Waals surface area contributed by atoms with E-state index in [2.05, 4.69) is 5.43 Å². The van der Waals surface area contributed by atoms with Crippen molar-refractivity contribution in [2.45, 2.75) is 0 Å². The third-order valence-electron chi connectivity index (χ3n) is 1.03. The lowest BCUT2D eigenvalue weighted by Crippen LogP contribution is -2.06. The average molecular weight is 206 g/mol. The Bertz CT molecular complexity index is 278. The minimum atomic E-state index is -1.50. The molecule has 13 heavy (non-hydrogen) atoms. The van der Waals surface area contributed by atoms with E-state index in [1.165, 1.54) is 0 Å². The summed E-state index contributed by atoms with van der Waals surface area (Å²) in [5, 5.41) is 14.3. The standard InChI is InChI=1S/C6H7ClN2.HNO3/c7-5-3-1-2-4-6(5)9-8;2-1(3)4/h1-4,9H,8H2;(H,2,3,4). The van der Waals surface area contributed by atoms with Crippen molar-refractivity contribution in [2.75, 3.05) is 5.43 Å². The Balaban J connectivity index is 0.000000310. The molecule has 0 fully saturated rings. The Morgan fingerprint density at radius 1 is 1.54 bits per heavy atom. The predicted octanol–water partition coefficient (Wildman–Crippen LogP) is 1.28. The number of hydrogen-bond donors (Lipinski definition) is 3. The summed E-state index contributed by atoms with van der Waals surface area (Å²) in [6.07, 6.45) is 0. The van der Waals surface area contributed by atoms with E-state index in [9.17, 15) is 0 Å². The van der Waals surface area contributed by atoms with Crippen LogP contribution in [0.25, 0.3) is 0 Å². The molecule has 7 heteroatoms. The minimum absolute atomic E-state index is 0.639. The van der Waals surface area contributed by atoms with Gasteiger partial charge >= 0.3 is 0 Å². The van der Waals surface area contributed by atoms with E-state index >= 15 is 0 Å². The highest BCUT2D eigenvalue weighted by atomic mass is 35.5. The van der Waals surface area contributed by atoms with Crippen LogP contribution in [0.3, 0.4) is 0 Å². The van der Waals surface area contributed by atoms with Crippen molar-refractivity contribution < 1.29 is 10.3 Å². The van der Waals surface area contributed by atoms with Gasteiger partial charge in [0.1, 0.15) is 0 Å². The lowest BCUT2D eigenvalue weighted by Gasteiger charge is -1.99. The molecular weight excluding hydrogens is 198 g/mol. The van der Waals surface area contributed by atoms with Gasteiger partial charge in [-0.15, -0.1) is 10.1 Å². The molecule has 0 spiro atoms. The Morgan fingerprint density at radius 2 is 2.00 bits per heavy atom. The number of rotatable bonds is 1. The largest absolute Gasteiger partial charge is 0.328 e. The van der Waals surface area contributed by atoms with Gasteiger partial charge in [0.2, 0.25) is 0 Å². The molecule has 0 bridgehead atoms. The van der Waals surface area contributed by atoms with Crippen molar-refractivity contribution in [2.24, 2.45) is 5.84 Å². The molecule has 1 aromatic rings. The first-order valence-corrected chi connectivity index (χ1v) is 3.50. The van der Waals surface area contributed by atoms with Crippen molar-refractivity contribution in [3.05, 3.63) is 39.4 Å². The number of para-hydroxylation sites is 1. The fourth-order valence-corrected chi connectivity index (χ4v) is 0.769. The van der Waals surface area contributed by atoms with Crippen LogP contribution in [-0.2, 0) is 0 Å². The van der Waals surface area contributed by atoms with E-state index in [1.54, 1.807) is 6.07 Å². The summed E-state index contributed by atoms with van der Waals surface area (Å²) in [6, 6.07) is 7.29. The zero-order chi connectivity index (χ0) is 10.3. The molecule has 0 atom stereocenters. The van der Waals surface area contributed by atoms with Crippen LogP contribution in [0.1, 0.15) is 0 Å². The molecule has 0 saturated carbocycles. The van der Waals surface area contributed by atoms with Crippen LogP contribution in [-0.4, -0.2) is 10.3 Å². The van der Waals surface area contributed by atoms with Crippen molar-refractivity contribution in [1.29, 1.82) is 0 Å². The zero-order valence-electron chi connectivity index (χ0n) is 6.48. The van der Waals surface area contributed by atoms with Gasteiger partial charge in [0.15, 0.2) is 0 Å². The number of benzene rings is 1. The van der Waals surface area contributed by atoms with Gasteiger partial charge in [0.25, 0.3) is 5.09 Å². The molecule has 0 heterocycles. The Hall–Kier alpha value is -1.53. The smallest absolute Gasteiger partial charge is 0.291 e. The second-order valence-corrected chi connectivity index (χ2v) is 2.27. The number of hydrogen-bond acceptors (Lipinski definition) is 4. The molecule has 0 aliphatic rings. The van der Waals surface area contributed by atoms with E-state index in [4.69, 9.17) is 32.8 Å². The molecule has 4 N–H and O–H groups in total. The molecule has 1 aromatic carbocycles. The van der Waals surface area contributed by atoms with Crippen LogP contribution in [0, 0.1) is 10.1 Å². The first kappa shape index (κ1) is 11.5. The fraction of sp³-hybridized carbons (Fsp3) is 0. The predicted molar refractivity (Wildman–Crippen MR) is 48.0 cm³/mol. The summed E-state index contributed by atoms with van der Waals surface area (Å²) in [6.45, 7) is 0. The van der Waals surface area contributed by atoms with Crippen molar-refractivity contribution in [3.63, 3.8) is 0 Å². The van der Waals surface area contributed by atoms with Crippen LogP contribution in [0.15, 0.2) is 24.3 Å². The van der Waals surface area contributed by atoms with E-state index in [0.29, 0.717) is 5.02 Å². The fourth-order valence-electron chi connectivity index (χ4n) is 0.578. The first-order chi connectivity index (χ1) is 6.07. The summed E-state index contributed by atoms with van der Waals surface area (Å²) >= 11 is 5.68. The number of anilines is 1. The van der Waals surface area contributed by atoms with Gasteiger partial charge in [0.05, 0.1) is 10.7 Å². The zero-order valence-corrected chi connectivity index (χ0v) is 7.23. The minimum Gasteiger partial charge on any atom is -0.328 e. The summed E-state index contributed by atoms with van der Waals surface area (Å²) in [7, 11) is 0. The van der Waals surface area contributed by atoms with Crippen LogP contribution in [0.4, 0.5) is 5.69 Å². The number of nitrogens with zero attached hydrogens (tertiary/aromatic N) is 1. The molecule has 1 rings (SSSR count). The number of halogens is 1. The van der Waals surface area contributed by atoms with Gasteiger partial charge in [-0.05, 0) is 12.1 Å².